The minimum Gasteiger partial charge on any atom is -0.378 e. The molecule has 0 spiro atoms. The molecule has 2 N–H and O–H groups in total. The van der Waals surface area contributed by atoms with Crippen LogP contribution in [0, 0.1) is 13.8 Å². The first-order chi connectivity index (χ1) is 11.1. The average molecular weight is 309 g/mol. The molecule has 1 atom stereocenters. The highest BCUT2D eigenvalue weighted by atomic mass is 16.3. The molecule has 23 heavy (non-hydrogen) atoms. The summed E-state index contributed by atoms with van der Waals surface area (Å²) in [4.78, 5) is 4.79. The van der Waals surface area contributed by atoms with Gasteiger partial charge in [0.25, 0.3) is 0 Å². The van der Waals surface area contributed by atoms with Gasteiger partial charge in [-0.25, -0.2) is 4.98 Å². The molecule has 4 nitrogen and oxygen atoms in total. The quantitative estimate of drug-likeness (QED) is 0.712. The van der Waals surface area contributed by atoms with Crippen LogP contribution in [0.1, 0.15) is 23.7 Å². The molecule has 0 saturated carbocycles. The van der Waals surface area contributed by atoms with Crippen molar-refractivity contribution in [3.63, 3.8) is 0 Å². The fourth-order valence-electron chi connectivity index (χ4n) is 2.83. The van der Waals surface area contributed by atoms with Gasteiger partial charge in [0.05, 0.1) is 11.4 Å². The van der Waals surface area contributed by atoms with E-state index in [2.05, 4.69) is 60.1 Å². The average Bonchev–Trinajstić information content (AvgIpc) is 2.86. The molecular weight excluding hydrogens is 286 g/mol. The number of aliphatic hydroxyl groups is 1. The third-order valence-corrected chi connectivity index (χ3v) is 4.02. The third-order valence-electron chi connectivity index (χ3n) is 4.02. The highest BCUT2D eigenvalue weighted by Crippen LogP contribution is 2.26. The van der Waals surface area contributed by atoms with Gasteiger partial charge in [-0.3, -0.25) is 5.32 Å². The Morgan fingerprint density at radius 2 is 1.78 bits per heavy atom. The molecule has 3 rings (SSSR count). The van der Waals surface area contributed by atoms with E-state index >= 15 is 0 Å². The van der Waals surface area contributed by atoms with Crippen molar-refractivity contribution in [1.29, 1.82) is 0 Å². The van der Waals surface area contributed by atoms with Gasteiger partial charge >= 0.3 is 0 Å². The lowest BCUT2D eigenvalue weighted by atomic mass is 10.1. The molecule has 3 aromatic rings. The van der Waals surface area contributed by atoms with E-state index in [4.69, 9.17) is 4.98 Å². The predicted octanol–water partition coefficient (Wildman–Crippen LogP) is 3.09. The van der Waals surface area contributed by atoms with Crippen molar-refractivity contribution < 1.29 is 5.11 Å². The second kappa shape index (κ2) is 6.52. The molecule has 0 amide bonds. The summed E-state index contributed by atoms with van der Waals surface area (Å²) >= 11 is 0. The Bertz CT molecular complexity index is 805. The van der Waals surface area contributed by atoms with Crippen LogP contribution in [0.25, 0.3) is 16.9 Å². The number of aryl methyl sites for hydroxylation is 2. The second-order valence-corrected chi connectivity index (χ2v) is 5.99. The topological polar surface area (TPSA) is 49.6 Å². The van der Waals surface area contributed by atoms with Crippen molar-refractivity contribution in [2.24, 2.45) is 0 Å². The van der Waals surface area contributed by atoms with Crippen molar-refractivity contribution >= 4 is 5.65 Å². The van der Waals surface area contributed by atoms with Crippen LogP contribution in [0.4, 0.5) is 0 Å². The maximum absolute atomic E-state index is 10.2. The molecule has 0 aliphatic rings. The van der Waals surface area contributed by atoms with Crippen molar-refractivity contribution in [2.45, 2.75) is 33.4 Å². The Balaban J connectivity index is 2.13. The van der Waals surface area contributed by atoms with E-state index < -0.39 is 6.23 Å². The molecule has 0 bridgehead atoms. The zero-order valence-electron chi connectivity index (χ0n) is 13.9. The summed E-state index contributed by atoms with van der Waals surface area (Å²) in [6, 6.07) is 12.5. The number of benzene rings is 1. The van der Waals surface area contributed by atoms with E-state index in [0.717, 1.165) is 29.1 Å². The first-order valence-electron chi connectivity index (χ1n) is 8.04. The number of aromatic nitrogens is 2. The molecule has 0 aliphatic carbocycles. The number of hydrogen-bond acceptors (Lipinski definition) is 3. The zero-order chi connectivity index (χ0) is 16.4. The monoisotopic (exact) mass is 309 g/mol. The van der Waals surface area contributed by atoms with Crippen LogP contribution in [-0.4, -0.2) is 27.3 Å². The van der Waals surface area contributed by atoms with Gasteiger partial charge in [-0.05, 0) is 32.0 Å². The van der Waals surface area contributed by atoms with Crippen molar-refractivity contribution in [1.82, 2.24) is 14.7 Å². The maximum Gasteiger partial charge on any atom is 0.137 e. The van der Waals surface area contributed by atoms with Crippen LogP contribution in [0.2, 0.25) is 0 Å². The number of rotatable bonds is 5. The zero-order valence-corrected chi connectivity index (χ0v) is 13.9. The molecule has 2 aromatic heterocycles. The summed E-state index contributed by atoms with van der Waals surface area (Å²) in [6.07, 6.45) is 2.01. The first kappa shape index (κ1) is 15.7. The number of nitrogens with zero attached hydrogens (tertiary/aromatic N) is 2. The molecule has 4 heteroatoms. The second-order valence-electron chi connectivity index (χ2n) is 5.99. The van der Waals surface area contributed by atoms with Crippen molar-refractivity contribution in [3.8, 4) is 11.3 Å². The highest BCUT2D eigenvalue weighted by molar-refractivity contribution is 5.67. The van der Waals surface area contributed by atoms with E-state index in [0.29, 0.717) is 6.42 Å². The van der Waals surface area contributed by atoms with Gasteiger partial charge < -0.3 is 9.51 Å². The minimum absolute atomic E-state index is 0.516. The van der Waals surface area contributed by atoms with E-state index in [1.807, 2.05) is 13.0 Å². The summed E-state index contributed by atoms with van der Waals surface area (Å²) < 4.78 is 2.09. The SMILES string of the molecule is CCNC(O)Cc1c(-c2ccc(C)cc2)nc2ccc(C)cn12. The number of nitrogens with one attached hydrogen (secondary N) is 1. The van der Waals surface area contributed by atoms with Gasteiger partial charge in [0.15, 0.2) is 0 Å². The van der Waals surface area contributed by atoms with Crippen LogP contribution in [-0.2, 0) is 6.42 Å². The number of fused-ring (bicyclic) bond motifs is 1. The minimum atomic E-state index is -0.579. The van der Waals surface area contributed by atoms with Crippen LogP contribution in [0.3, 0.4) is 0 Å². The molecule has 120 valence electrons. The largest absolute Gasteiger partial charge is 0.378 e. The van der Waals surface area contributed by atoms with E-state index in [9.17, 15) is 5.11 Å². The van der Waals surface area contributed by atoms with Crippen LogP contribution in [0.5, 0.6) is 0 Å². The van der Waals surface area contributed by atoms with Crippen molar-refractivity contribution in [2.75, 3.05) is 6.54 Å². The van der Waals surface area contributed by atoms with E-state index in [-0.39, 0.29) is 0 Å². The molecule has 0 saturated heterocycles. The summed E-state index contributed by atoms with van der Waals surface area (Å²) in [7, 11) is 0. The summed E-state index contributed by atoms with van der Waals surface area (Å²) in [5.41, 5.74) is 6.35. The van der Waals surface area contributed by atoms with Gasteiger partial charge in [-0.1, -0.05) is 42.8 Å². The molecule has 0 aliphatic heterocycles. The Morgan fingerprint density at radius 1 is 1.09 bits per heavy atom. The molecule has 0 radical (unpaired) electrons. The summed E-state index contributed by atoms with van der Waals surface area (Å²) in [5, 5.41) is 13.3. The van der Waals surface area contributed by atoms with E-state index in [1.165, 1.54) is 11.1 Å². The van der Waals surface area contributed by atoms with Crippen molar-refractivity contribution in [3.05, 3.63) is 59.4 Å². The first-order valence-corrected chi connectivity index (χ1v) is 8.04. The maximum atomic E-state index is 10.2. The molecule has 1 aromatic carbocycles. The van der Waals surface area contributed by atoms with Gasteiger partial charge in [0, 0.05) is 18.2 Å². The fraction of sp³-hybridized carbons (Fsp3) is 0.316. The highest BCUT2D eigenvalue weighted by Gasteiger charge is 2.17. The summed E-state index contributed by atoms with van der Waals surface area (Å²) in [5.74, 6) is 0. The van der Waals surface area contributed by atoms with Crippen LogP contribution >= 0.6 is 0 Å². The molecule has 0 fully saturated rings. The summed E-state index contributed by atoms with van der Waals surface area (Å²) in [6.45, 7) is 6.86. The normalized spacial score (nSPS) is 12.7. The Morgan fingerprint density at radius 3 is 2.48 bits per heavy atom. The Labute approximate surface area is 136 Å². The van der Waals surface area contributed by atoms with E-state index in [1.54, 1.807) is 0 Å². The number of likely N-dealkylation sites (N-methyl/N-ethyl adjacent to an activating group) is 1. The molecular formula is C19H23N3O. The predicted molar refractivity (Wildman–Crippen MR) is 93.5 cm³/mol. The number of hydrogen-bond donors (Lipinski definition) is 2. The fourth-order valence-corrected chi connectivity index (χ4v) is 2.83. The Hall–Kier alpha value is -2.17. The number of aliphatic hydroxyl groups excluding tert-OH is 1. The molecule has 2 heterocycles. The van der Waals surface area contributed by atoms with Crippen LogP contribution < -0.4 is 5.32 Å². The lowest BCUT2D eigenvalue weighted by molar-refractivity contribution is 0.139. The third kappa shape index (κ3) is 3.28. The van der Waals surface area contributed by atoms with Gasteiger partial charge in [-0.15, -0.1) is 0 Å². The number of imidazole rings is 1. The number of pyridine rings is 1. The molecule has 1 unspecified atom stereocenters. The lowest BCUT2D eigenvalue weighted by Crippen LogP contribution is -2.31. The smallest absolute Gasteiger partial charge is 0.137 e. The van der Waals surface area contributed by atoms with Gasteiger partial charge in [0.1, 0.15) is 11.9 Å². The Kier molecular flexibility index (Phi) is 4.46. The van der Waals surface area contributed by atoms with Gasteiger partial charge in [0.2, 0.25) is 0 Å². The van der Waals surface area contributed by atoms with Crippen LogP contribution in [0.15, 0.2) is 42.6 Å². The lowest BCUT2D eigenvalue weighted by Gasteiger charge is -2.13. The standard InChI is InChI=1S/C19H23N3O/c1-4-20-18(23)11-16-19(15-8-5-13(2)6-9-15)21-17-10-7-14(3)12-22(16)17/h5-10,12,18,20,23H,4,11H2,1-3H3. The van der Waals surface area contributed by atoms with Gasteiger partial charge in [-0.2, -0.15) is 0 Å².